The molecular weight excluding hydrogens is 429 g/mol. The number of nitrogens with one attached hydrogen (secondary N) is 1. The lowest BCUT2D eigenvalue weighted by atomic mass is 10.1. The number of nitrogens with zero attached hydrogens (tertiary/aromatic N) is 1. The van der Waals surface area contributed by atoms with E-state index in [4.69, 9.17) is 25.9 Å². The van der Waals surface area contributed by atoms with Crippen molar-refractivity contribution in [1.29, 1.82) is 0 Å². The van der Waals surface area contributed by atoms with Crippen LogP contribution in [-0.4, -0.2) is 47.1 Å². The number of hydrogen-bond donors (Lipinski definition) is 2. The summed E-state index contributed by atoms with van der Waals surface area (Å²) in [5.74, 6) is -1.62. The Kier molecular flexibility index (Phi) is 12.0. The molecule has 0 aliphatic carbocycles. The summed E-state index contributed by atoms with van der Waals surface area (Å²) in [5.41, 5.74) is 3.13. The van der Waals surface area contributed by atoms with Crippen LogP contribution in [-0.2, 0) is 23.9 Å². The molecular formula is C21H31ClFN3O5. The highest BCUT2D eigenvalue weighted by Crippen LogP contribution is 2.18. The van der Waals surface area contributed by atoms with Crippen LogP contribution in [0.3, 0.4) is 0 Å². The van der Waals surface area contributed by atoms with E-state index < -0.39 is 35.0 Å². The first kappa shape index (κ1) is 28.5. The van der Waals surface area contributed by atoms with E-state index in [0.29, 0.717) is 0 Å². The lowest BCUT2D eigenvalue weighted by Crippen LogP contribution is -2.40. The van der Waals surface area contributed by atoms with E-state index in [1.807, 2.05) is 20.8 Å². The minimum atomic E-state index is -0.819. The number of aromatic nitrogens is 1. The molecule has 1 aromatic heterocycles. The minimum Gasteiger partial charge on any atom is -0.458 e. The minimum absolute atomic E-state index is 0.151. The molecule has 1 heterocycles. The maximum atomic E-state index is 13.7. The van der Waals surface area contributed by atoms with E-state index in [1.54, 1.807) is 20.8 Å². The van der Waals surface area contributed by atoms with Crippen molar-refractivity contribution in [1.82, 2.24) is 10.3 Å². The first-order chi connectivity index (χ1) is 14.2. The van der Waals surface area contributed by atoms with Crippen molar-refractivity contribution in [2.45, 2.75) is 65.3 Å². The zero-order chi connectivity index (χ0) is 24.2. The highest BCUT2D eigenvalue weighted by atomic mass is 35.5. The van der Waals surface area contributed by atoms with Crippen LogP contribution in [0.25, 0.3) is 6.08 Å². The fourth-order valence-electron chi connectivity index (χ4n) is 2.13. The average molecular weight is 460 g/mol. The van der Waals surface area contributed by atoms with Crippen LogP contribution in [0, 0.1) is 5.82 Å². The van der Waals surface area contributed by atoms with Crippen molar-refractivity contribution in [2.75, 3.05) is 6.54 Å². The number of primary amides is 1. The van der Waals surface area contributed by atoms with Crippen LogP contribution in [0.2, 0.25) is 5.15 Å². The first-order valence-electron chi connectivity index (χ1n) is 9.52. The van der Waals surface area contributed by atoms with Crippen molar-refractivity contribution in [3.05, 3.63) is 34.9 Å². The summed E-state index contributed by atoms with van der Waals surface area (Å²) < 4.78 is 24.9. The Morgan fingerprint density at radius 3 is 2.35 bits per heavy atom. The van der Waals surface area contributed by atoms with Crippen molar-refractivity contribution in [2.24, 2.45) is 5.73 Å². The number of pyridine rings is 1. The van der Waals surface area contributed by atoms with Gasteiger partial charge in [-0.1, -0.05) is 11.6 Å². The molecule has 0 bridgehead atoms. The SMILES string of the molecule is CC(C)(C)OC(=O)C(CCNC(=O)/C=C/c1ccnc(Cl)c1F)OC(C)(C)C.NC=O. The van der Waals surface area contributed by atoms with E-state index in [-0.39, 0.29) is 30.1 Å². The predicted molar refractivity (Wildman–Crippen MR) is 117 cm³/mol. The molecule has 0 saturated heterocycles. The Morgan fingerprint density at radius 1 is 1.26 bits per heavy atom. The quantitative estimate of drug-likeness (QED) is 0.280. The Bertz CT molecular complexity index is 773. The Labute approximate surface area is 187 Å². The number of rotatable bonds is 7. The number of ether oxygens (including phenoxy) is 2. The van der Waals surface area contributed by atoms with Crippen molar-refractivity contribution >= 4 is 36.0 Å². The topological polar surface area (TPSA) is 121 Å². The number of carbonyl (C=O) groups is 3. The molecule has 0 fully saturated rings. The molecule has 1 rings (SSSR count). The van der Waals surface area contributed by atoms with Gasteiger partial charge in [0.15, 0.2) is 17.1 Å². The largest absolute Gasteiger partial charge is 0.458 e. The summed E-state index contributed by atoms with van der Waals surface area (Å²) in [4.78, 5) is 36.5. The fraction of sp³-hybridized carbons (Fsp3) is 0.524. The molecule has 8 nitrogen and oxygen atoms in total. The first-order valence-corrected chi connectivity index (χ1v) is 9.90. The standard InChI is InChI=1S/C20H28ClFN2O4.CH3NO/c1-19(2,3)27-14(18(26)28-20(4,5)6)10-12-23-15(25)8-7-13-9-11-24-17(21)16(13)22;2-1-3/h7-9,11,14H,10,12H2,1-6H3,(H,23,25);1H,(H2,2,3)/b8-7+;. The second-order valence-corrected chi connectivity index (χ2v) is 8.66. The predicted octanol–water partition coefficient (Wildman–Crippen LogP) is 3.02. The Hall–Kier alpha value is -2.52. The second-order valence-electron chi connectivity index (χ2n) is 8.31. The summed E-state index contributed by atoms with van der Waals surface area (Å²) in [6.07, 6.45) is 3.50. The Balaban J connectivity index is 0.00000282. The van der Waals surface area contributed by atoms with Gasteiger partial charge in [0, 0.05) is 30.8 Å². The van der Waals surface area contributed by atoms with Gasteiger partial charge in [-0.15, -0.1) is 0 Å². The van der Waals surface area contributed by atoms with E-state index in [0.717, 1.165) is 0 Å². The number of halogens is 2. The normalized spacial score (nSPS) is 12.5. The molecule has 0 radical (unpaired) electrons. The molecule has 0 saturated carbocycles. The molecule has 2 amide bonds. The lowest BCUT2D eigenvalue weighted by molar-refractivity contribution is -0.177. The average Bonchev–Trinajstić information content (AvgIpc) is 2.60. The molecule has 0 aliphatic rings. The number of amides is 2. The van der Waals surface area contributed by atoms with Gasteiger partial charge in [-0.3, -0.25) is 9.59 Å². The van der Waals surface area contributed by atoms with Gasteiger partial charge in [-0.2, -0.15) is 0 Å². The smallest absolute Gasteiger partial charge is 0.335 e. The summed E-state index contributed by atoms with van der Waals surface area (Å²) in [6, 6.07) is 1.40. The molecule has 31 heavy (non-hydrogen) atoms. The van der Waals surface area contributed by atoms with Crippen molar-refractivity contribution in [3.8, 4) is 0 Å². The maximum absolute atomic E-state index is 13.7. The van der Waals surface area contributed by atoms with Crippen molar-refractivity contribution in [3.63, 3.8) is 0 Å². The molecule has 1 aromatic rings. The molecule has 0 aromatic carbocycles. The zero-order valence-electron chi connectivity index (χ0n) is 18.7. The van der Waals surface area contributed by atoms with Crippen LogP contribution >= 0.6 is 11.6 Å². The van der Waals surface area contributed by atoms with Gasteiger partial charge < -0.3 is 20.5 Å². The fourth-order valence-corrected chi connectivity index (χ4v) is 2.30. The number of esters is 1. The summed E-state index contributed by atoms with van der Waals surface area (Å²) in [6.45, 7) is 11.0. The van der Waals surface area contributed by atoms with E-state index >= 15 is 0 Å². The third kappa shape index (κ3) is 13.4. The van der Waals surface area contributed by atoms with Crippen LogP contribution in [0.1, 0.15) is 53.5 Å². The zero-order valence-corrected chi connectivity index (χ0v) is 19.5. The molecule has 1 unspecified atom stereocenters. The summed E-state index contributed by atoms with van der Waals surface area (Å²) >= 11 is 5.60. The van der Waals surface area contributed by atoms with Crippen LogP contribution in [0.4, 0.5) is 4.39 Å². The van der Waals surface area contributed by atoms with Gasteiger partial charge in [-0.25, -0.2) is 14.2 Å². The van der Waals surface area contributed by atoms with Gasteiger partial charge >= 0.3 is 5.97 Å². The molecule has 0 aliphatic heterocycles. The van der Waals surface area contributed by atoms with E-state index in [1.165, 1.54) is 24.4 Å². The molecule has 1 atom stereocenters. The van der Waals surface area contributed by atoms with E-state index in [2.05, 4.69) is 16.0 Å². The van der Waals surface area contributed by atoms with Gasteiger partial charge in [0.1, 0.15) is 5.60 Å². The van der Waals surface area contributed by atoms with Gasteiger partial charge in [0.25, 0.3) is 0 Å². The van der Waals surface area contributed by atoms with Gasteiger partial charge in [0.2, 0.25) is 12.3 Å². The summed E-state index contributed by atoms with van der Waals surface area (Å²) in [5, 5.41) is 2.37. The molecule has 174 valence electrons. The van der Waals surface area contributed by atoms with Gasteiger partial charge in [0.05, 0.1) is 5.60 Å². The third-order valence-electron chi connectivity index (χ3n) is 3.16. The second kappa shape index (κ2) is 13.0. The number of hydrogen-bond acceptors (Lipinski definition) is 6. The maximum Gasteiger partial charge on any atom is 0.335 e. The lowest BCUT2D eigenvalue weighted by Gasteiger charge is -2.29. The highest BCUT2D eigenvalue weighted by Gasteiger charge is 2.29. The molecule has 10 heteroatoms. The number of nitrogens with two attached hydrogens (primary N) is 1. The summed E-state index contributed by atoms with van der Waals surface area (Å²) in [7, 11) is 0. The van der Waals surface area contributed by atoms with Gasteiger partial charge in [-0.05, 0) is 53.7 Å². The van der Waals surface area contributed by atoms with E-state index in [9.17, 15) is 14.0 Å². The monoisotopic (exact) mass is 459 g/mol. The molecule has 3 N–H and O–H groups in total. The van der Waals surface area contributed by atoms with Crippen molar-refractivity contribution < 1.29 is 28.2 Å². The molecule has 0 spiro atoms. The van der Waals surface area contributed by atoms with Crippen LogP contribution in [0.5, 0.6) is 0 Å². The highest BCUT2D eigenvalue weighted by molar-refractivity contribution is 6.29. The van der Waals surface area contributed by atoms with Crippen LogP contribution < -0.4 is 11.1 Å². The third-order valence-corrected chi connectivity index (χ3v) is 3.43. The number of carbonyl (C=O) groups excluding carboxylic acids is 3. The van der Waals surface area contributed by atoms with Crippen LogP contribution in [0.15, 0.2) is 18.3 Å². The Morgan fingerprint density at radius 2 is 1.84 bits per heavy atom.